The van der Waals surface area contributed by atoms with E-state index in [0.717, 1.165) is 28.8 Å². The van der Waals surface area contributed by atoms with Gasteiger partial charge in [0, 0.05) is 17.4 Å². The second-order valence-corrected chi connectivity index (χ2v) is 8.09. The first kappa shape index (κ1) is 19.6. The smallest absolute Gasteiger partial charge is 0.242 e. The molecule has 0 aliphatic heterocycles. The van der Waals surface area contributed by atoms with Gasteiger partial charge in [-0.3, -0.25) is 0 Å². The summed E-state index contributed by atoms with van der Waals surface area (Å²) >= 11 is 0. The minimum Gasteiger partial charge on any atom is -0.242 e. The van der Waals surface area contributed by atoms with E-state index in [1.54, 1.807) is 25.1 Å². The van der Waals surface area contributed by atoms with E-state index in [1.807, 2.05) is 0 Å². The molecule has 2 aromatic heterocycles. The van der Waals surface area contributed by atoms with Gasteiger partial charge in [-0.1, -0.05) is 12.0 Å². The third-order valence-electron chi connectivity index (χ3n) is 4.02. The zero-order valence-corrected chi connectivity index (χ0v) is 15.6. The van der Waals surface area contributed by atoms with Crippen molar-refractivity contribution in [3.8, 4) is 29.3 Å². The molecule has 2 heterocycles. The summed E-state index contributed by atoms with van der Waals surface area (Å²) in [7, 11) is -3.53. The molecule has 0 radical (unpaired) electrons. The molecule has 0 saturated carbocycles. The molecule has 0 bridgehead atoms. The third kappa shape index (κ3) is 3.77. The van der Waals surface area contributed by atoms with Crippen LogP contribution in [0.25, 0.3) is 16.9 Å². The number of benzene rings is 1. The highest BCUT2D eigenvalue weighted by molar-refractivity contribution is 7.90. The summed E-state index contributed by atoms with van der Waals surface area (Å²) in [5, 5.41) is 3.47. The quantitative estimate of drug-likeness (QED) is 0.624. The highest BCUT2D eigenvalue weighted by Gasteiger charge is 2.35. The van der Waals surface area contributed by atoms with Crippen molar-refractivity contribution >= 4 is 9.84 Å². The van der Waals surface area contributed by atoms with Gasteiger partial charge in [0.15, 0.2) is 20.6 Å². The van der Waals surface area contributed by atoms with Crippen molar-refractivity contribution in [2.75, 3.05) is 6.26 Å². The lowest BCUT2D eigenvalue weighted by Gasteiger charge is -2.09. The fourth-order valence-corrected chi connectivity index (χ4v) is 3.18. The molecule has 28 heavy (non-hydrogen) atoms. The number of terminal acetylenes is 1. The van der Waals surface area contributed by atoms with E-state index < -0.39 is 21.7 Å². The maximum absolute atomic E-state index is 13.2. The summed E-state index contributed by atoms with van der Waals surface area (Å²) in [5.41, 5.74) is 1.13. The number of halogens is 3. The van der Waals surface area contributed by atoms with Crippen molar-refractivity contribution in [3.63, 3.8) is 0 Å². The molecular formula is C19H14F3N3O2S. The molecule has 0 spiro atoms. The lowest BCUT2D eigenvalue weighted by atomic mass is 10.0. The van der Waals surface area contributed by atoms with E-state index in [1.165, 1.54) is 12.1 Å². The number of rotatable bonds is 3. The van der Waals surface area contributed by atoms with Gasteiger partial charge >= 0.3 is 6.18 Å². The Hall–Kier alpha value is -3.12. The topological polar surface area (TPSA) is 64.8 Å². The molecule has 9 heteroatoms. The van der Waals surface area contributed by atoms with E-state index in [9.17, 15) is 21.6 Å². The largest absolute Gasteiger partial charge is 0.435 e. The van der Waals surface area contributed by atoms with Crippen molar-refractivity contribution in [2.24, 2.45) is 0 Å². The van der Waals surface area contributed by atoms with Crippen molar-refractivity contribution in [1.82, 2.24) is 14.8 Å². The Bertz CT molecular complexity index is 1190. The summed E-state index contributed by atoms with van der Waals surface area (Å²) in [6, 6.07) is 8.41. The van der Waals surface area contributed by atoms with Crippen molar-refractivity contribution in [3.05, 3.63) is 59.4 Å². The van der Waals surface area contributed by atoms with E-state index >= 15 is 0 Å². The maximum atomic E-state index is 13.2. The predicted molar refractivity (Wildman–Crippen MR) is 97.6 cm³/mol. The lowest BCUT2D eigenvalue weighted by molar-refractivity contribution is -0.141. The Labute approximate surface area is 159 Å². The Morgan fingerprint density at radius 1 is 1.14 bits per heavy atom. The highest BCUT2D eigenvalue weighted by atomic mass is 32.2. The predicted octanol–water partition coefficient (Wildman–Crippen LogP) is 3.65. The summed E-state index contributed by atoms with van der Waals surface area (Å²) in [6.45, 7) is 1.76. The number of aromatic nitrogens is 3. The van der Waals surface area contributed by atoms with Crippen molar-refractivity contribution in [2.45, 2.75) is 18.1 Å². The fraction of sp³-hybridized carbons (Fsp3) is 0.158. The fourth-order valence-electron chi connectivity index (χ4n) is 2.62. The standard InChI is InChI=1S/C19H14F3N3O2S/c1-4-13-5-6-14(9-12(13)2)16-10-17(19(20,21)22)24-25(16)15-7-8-18(23-11-15)28(3,26)27/h1,5-11H,2-3H3. The third-order valence-corrected chi connectivity index (χ3v) is 5.02. The Kier molecular flexibility index (Phi) is 4.77. The summed E-state index contributed by atoms with van der Waals surface area (Å²) in [4.78, 5) is 3.82. The monoisotopic (exact) mass is 405 g/mol. The van der Waals surface area contributed by atoms with Crippen LogP contribution >= 0.6 is 0 Å². The average molecular weight is 405 g/mol. The number of pyridine rings is 1. The second kappa shape index (κ2) is 6.80. The molecule has 0 aliphatic rings. The number of aryl methyl sites for hydroxylation is 1. The first-order valence-electron chi connectivity index (χ1n) is 7.92. The minimum absolute atomic E-state index is 0.174. The van der Waals surface area contributed by atoms with Gasteiger partial charge in [-0.05, 0) is 42.8 Å². The first-order valence-corrected chi connectivity index (χ1v) is 9.81. The average Bonchev–Trinajstić information content (AvgIpc) is 3.07. The Morgan fingerprint density at radius 3 is 2.36 bits per heavy atom. The number of alkyl halides is 3. The van der Waals surface area contributed by atoms with Crippen LogP contribution in [-0.4, -0.2) is 29.4 Å². The summed E-state index contributed by atoms with van der Waals surface area (Å²) in [5.74, 6) is 2.50. The van der Waals surface area contributed by atoms with Gasteiger partial charge < -0.3 is 0 Å². The van der Waals surface area contributed by atoms with E-state index in [2.05, 4.69) is 16.0 Å². The highest BCUT2D eigenvalue weighted by Crippen LogP contribution is 2.33. The van der Waals surface area contributed by atoms with Crippen LogP contribution in [-0.2, 0) is 16.0 Å². The van der Waals surface area contributed by atoms with Gasteiger partial charge in [-0.2, -0.15) is 18.3 Å². The minimum atomic E-state index is -4.64. The van der Waals surface area contributed by atoms with Gasteiger partial charge in [0.05, 0.1) is 17.6 Å². The second-order valence-electron chi connectivity index (χ2n) is 6.13. The van der Waals surface area contributed by atoms with Gasteiger partial charge in [-0.25, -0.2) is 18.1 Å². The number of hydrogen-bond acceptors (Lipinski definition) is 4. The van der Waals surface area contributed by atoms with Crippen LogP contribution in [0.1, 0.15) is 16.8 Å². The van der Waals surface area contributed by atoms with E-state index in [0.29, 0.717) is 11.1 Å². The van der Waals surface area contributed by atoms with Gasteiger partial charge in [0.25, 0.3) is 0 Å². The molecule has 5 nitrogen and oxygen atoms in total. The number of sulfone groups is 1. The van der Waals surface area contributed by atoms with Crippen LogP contribution in [0.4, 0.5) is 13.2 Å². The van der Waals surface area contributed by atoms with Gasteiger partial charge in [0.2, 0.25) is 0 Å². The maximum Gasteiger partial charge on any atom is 0.435 e. The molecule has 1 aromatic carbocycles. The molecule has 0 saturated heterocycles. The van der Waals surface area contributed by atoms with Crippen LogP contribution in [0.2, 0.25) is 0 Å². The van der Waals surface area contributed by atoms with Gasteiger partial charge in [-0.15, -0.1) is 6.42 Å². The van der Waals surface area contributed by atoms with Crippen LogP contribution in [0.15, 0.2) is 47.6 Å². The molecule has 0 atom stereocenters. The molecule has 0 N–H and O–H groups in total. The molecule has 0 aliphatic carbocycles. The van der Waals surface area contributed by atoms with E-state index in [-0.39, 0.29) is 16.4 Å². The molecule has 144 valence electrons. The SMILES string of the molecule is C#Cc1ccc(-c2cc(C(F)(F)F)nn2-c2ccc(S(C)(=O)=O)nc2)cc1C. The zero-order valence-electron chi connectivity index (χ0n) is 14.8. The van der Waals surface area contributed by atoms with Crippen molar-refractivity contribution in [1.29, 1.82) is 0 Å². The molecule has 0 amide bonds. The first-order chi connectivity index (χ1) is 13.0. The van der Waals surface area contributed by atoms with Crippen molar-refractivity contribution < 1.29 is 21.6 Å². The number of hydrogen-bond donors (Lipinski definition) is 0. The normalized spacial score (nSPS) is 12.0. The molecule has 0 unspecified atom stereocenters. The lowest BCUT2D eigenvalue weighted by Crippen LogP contribution is -2.08. The number of nitrogens with zero attached hydrogens (tertiary/aromatic N) is 3. The van der Waals surface area contributed by atoms with Crippen LogP contribution in [0, 0.1) is 19.3 Å². The van der Waals surface area contributed by atoms with Crippen LogP contribution in [0.5, 0.6) is 0 Å². The molecule has 0 fully saturated rings. The van der Waals surface area contributed by atoms with Gasteiger partial charge in [0.1, 0.15) is 0 Å². The molecule has 3 rings (SSSR count). The van der Waals surface area contributed by atoms with Crippen LogP contribution < -0.4 is 0 Å². The summed E-state index contributed by atoms with van der Waals surface area (Å²) < 4.78 is 63.9. The summed E-state index contributed by atoms with van der Waals surface area (Å²) in [6.07, 6.45) is 2.91. The Morgan fingerprint density at radius 2 is 1.86 bits per heavy atom. The zero-order chi connectivity index (χ0) is 20.7. The Balaban J connectivity index is 2.19. The molecular weight excluding hydrogens is 391 g/mol. The van der Waals surface area contributed by atoms with E-state index in [4.69, 9.17) is 6.42 Å². The van der Waals surface area contributed by atoms with Crippen LogP contribution in [0.3, 0.4) is 0 Å². The molecule has 3 aromatic rings.